The third kappa shape index (κ3) is 3.61. The zero-order chi connectivity index (χ0) is 20.5. The number of nitrogens with one attached hydrogen (secondary N) is 1. The van der Waals surface area contributed by atoms with Gasteiger partial charge in [-0.3, -0.25) is 9.59 Å². The van der Waals surface area contributed by atoms with Gasteiger partial charge < -0.3 is 19.7 Å². The molecule has 8 heteroatoms. The van der Waals surface area contributed by atoms with Crippen molar-refractivity contribution in [3.8, 4) is 22.8 Å². The van der Waals surface area contributed by atoms with Crippen molar-refractivity contribution in [3.63, 3.8) is 0 Å². The summed E-state index contributed by atoms with van der Waals surface area (Å²) >= 11 is 1.37. The van der Waals surface area contributed by atoms with Crippen LogP contribution in [0.2, 0.25) is 0 Å². The summed E-state index contributed by atoms with van der Waals surface area (Å²) in [5.41, 5.74) is 2.52. The fourth-order valence-electron chi connectivity index (χ4n) is 3.61. The zero-order valence-corrected chi connectivity index (χ0v) is 16.9. The molecule has 1 atom stereocenters. The van der Waals surface area contributed by atoms with Crippen LogP contribution in [0.5, 0.6) is 11.5 Å². The number of carbonyl (C=O) groups excluding carboxylic acids is 2. The van der Waals surface area contributed by atoms with Crippen LogP contribution in [0.25, 0.3) is 11.3 Å². The van der Waals surface area contributed by atoms with Crippen molar-refractivity contribution in [1.29, 1.82) is 0 Å². The van der Waals surface area contributed by atoms with Gasteiger partial charge in [-0.15, -0.1) is 11.3 Å². The molecule has 2 aliphatic rings. The van der Waals surface area contributed by atoms with E-state index in [2.05, 4.69) is 10.3 Å². The molecular weight excluding hydrogens is 402 g/mol. The highest BCUT2D eigenvalue weighted by Gasteiger charge is 2.36. The lowest BCUT2D eigenvalue weighted by atomic mass is 10.1. The molecule has 0 aliphatic carbocycles. The van der Waals surface area contributed by atoms with E-state index >= 15 is 0 Å². The van der Waals surface area contributed by atoms with Crippen LogP contribution >= 0.6 is 11.3 Å². The van der Waals surface area contributed by atoms with Crippen molar-refractivity contribution in [3.05, 3.63) is 53.9 Å². The van der Waals surface area contributed by atoms with Crippen LogP contribution in [0, 0.1) is 5.92 Å². The van der Waals surface area contributed by atoms with Crippen LogP contribution in [0.4, 0.5) is 10.8 Å². The highest BCUT2D eigenvalue weighted by atomic mass is 32.1. The summed E-state index contributed by atoms with van der Waals surface area (Å²) in [6, 6.07) is 15.2. The van der Waals surface area contributed by atoms with Crippen molar-refractivity contribution in [2.45, 2.75) is 6.42 Å². The van der Waals surface area contributed by atoms with Gasteiger partial charge in [0.05, 0.1) is 11.6 Å². The molecular formula is C22H19N3O4S. The van der Waals surface area contributed by atoms with Crippen LogP contribution in [0.1, 0.15) is 6.42 Å². The van der Waals surface area contributed by atoms with E-state index in [1.54, 1.807) is 17.0 Å². The number of hydrogen-bond donors (Lipinski definition) is 1. The van der Waals surface area contributed by atoms with E-state index in [1.165, 1.54) is 11.3 Å². The number of rotatable bonds is 4. The van der Waals surface area contributed by atoms with Gasteiger partial charge in [0, 0.05) is 35.7 Å². The smallest absolute Gasteiger partial charge is 0.231 e. The molecule has 3 heterocycles. The summed E-state index contributed by atoms with van der Waals surface area (Å²) in [4.78, 5) is 31.4. The number of fused-ring (bicyclic) bond motifs is 1. The molecule has 0 bridgehead atoms. The molecule has 0 radical (unpaired) electrons. The molecule has 5 rings (SSSR count). The first-order valence-corrected chi connectivity index (χ1v) is 10.6. The Balaban J connectivity index is 1.26. The quantitative estimate of drug-likeness (QED) is 0.697. The van der Waals surface area contributed by atoms with E-state index in [0.29, 0.717) is 42.1 Å². The monoisotopic (exact) mass is 421 g/mol. The molecule has 7 nitrogen and oxygen atoms in total. The van der Waals surface area contributed by atoms with E-state index in [-0.39, 0.29) is 18.2 Å². The Morgan fingerprint density at radius 3 is 2.73 bits per heavy atom. The summed E-state index contributed by atoms with van der Waals surface area (Å²) in [5, 5.41) is 5.30. The summed E-state index contributed by atoms with van der Waals surface area (Å²) in [6.07, 6.45) is 0.164. The van der Waals surface area contributed by atoms with Gasteiger partial charge in [0.1, 0.15) is 13.2 Å². The molecule has 3 aromatic rings. The van der Waals surface area contributed by atoms with E-state index < -0.39 is 5.92 Å². The van der Waals surface area contributed by atoms with E-state index in [4.69, 9.17) is 9.47 Å². The molecule has 2 aliphatic heterocycles. The molecule has 2 amide bonds. The minimum atomic E-state index is -0.435. The van der Waals surface area contributed by atoms with E-state index in [0.717, 1.165) is 11.3 Å². The Morgan fingerprint density at radius 2 is 1.90 bits per heavy atom. The molecule has 0 spiro atoms. The first-order valence-electron chi connectivity index (χ1n) is 9.69. The Morgan fingerprint density at radius 1 is 1.10 bits per heavy atom. The first-order chi connectivity index (χ1) is 14.7. The largest absolute Gasteiger partial charge is 0.486 e. The predicted molar refractivity (Wildman–Crippen MR) is 114 cm³/mol. The van der Waals surface area contributed by atoms with Crippen molar-refractivity contribution >= 4 is 34.0 Å². The van der Waals surface area contributed by atoms with Crippen LogP contribution in [-0.2, 0) is 9.59 Å². The number of ether oxygens (including phenoxy) is 2. The highest BCUT2D eigenvalue weighted by Crippen LogP contribution is 2.36. The zero-order valence-electron chi connectivity index (χ0n) is 16.0. The normalized spacial score (nSPS) is 17.8. The maximum atomic E-state index is 12.7. The second kappa shape index (κ2) is 7.79. The number of hydrogen-bond acceptors (Lipinski definition) is 6. The predicted octanol–water partition coefficient (Wildman–Crippen LogP) is 3.57. The summed E-state index contributed by atoms with van der Waals surface area (Å²) in [6.45, 7) is 1.31. The average molecular weight is 421 g/mol. The Labute approximate surface area is 177 Å². The van der Waals surface area contributed by atoms with Gasteiger partial charge in [-0.05, 0) is 12.1 Å². The van der Waals surface area contributed by atoms with Gasteiger partial charge in [-0.2, -0.15) is 0 Å². The maximum absolute atomic E-state index is 12.7. The summed E-state index contributed by atoms with van der Waals surface area (Å²) in [7, 11) is 0. The minimum absolute atomic E-state index is 0.0871. The lowest BCUT2D eigenvalue weighted by Crippen LogP contribution is -2.28. The average Bonchev–Trinajstić information content (AvgIpc) is 3.41. The molecule has 1 fully saturated rings. The van der Waals surface area contributed by atoms with Gasteiger partial charge in [-0.25, -0.2) is 4.98 Å². The van der Waals surface area contributed by atoms with Crippen LogP contribution in [0.15, 0.2) is 53.9 Å². The minimum Gasteiger partial charge on any atom is -0.486 e. The lowest BCUT2D eigenvalue weighted by molar-refractivity contribution is -0.122. The molecule has 0 saturated carbocycles. The SMILES string of the molecule is O=C(Nc1nc(-c2ccccc2)cs1)[C@@H]1CC(=O)N(c2ccc3c(c2)OCCO3)C1. The second-order valence-corrected chi connectivity index (χ2v) is 7.98. The Kier molecular flexibility index (Phi) is 4.84. The molecule has 1 aromatic heterocycles. The van der Waals surface area contributed by atoms with E-state index in [1.807, 2.05) is 41.8 Å². The van der Waals surface area contributed by atoms with Crippen molar-refractivity contribution in [1.82, 2.24) is 4.98 Å². The van der Waals surface area contributed by atoms with Crippen LogP contribution in [0.3, 0.4) is 0 Å². The number of nitrogens with zero attached hydrogens (tertiary/aromatic N) is 2. The number of anilines is 2. The molecule has 2 aromatic carbocycles. The molecule has 0 unspecified atom stereocenters. The number of aromatic nitrogens is 1. The van der Waals surface area contributed by atoms with Gasteiger partial charge in [0.2, 0.25) is 11.8 Å². The number of thiazole rings is 1. The van der Waals surface area contributed by atoms with Crippen molar-refractivity contribution < 1.29 is 19.1 Å². The Hall–Kier alpha value is -3.39. The lowest BCUT2D eigenvalue weighted by Gasteiger charge is -2.22. The van der Waals surface area contributed by atoms with Gasteiger partial charge in [-0.1, -0.05) is 30.3 Å². The molecule has 1 saturated heterocycles. The fraction of sp³-hybridized carbons (Fsp3) is 0.227. The molecule has 30 heavy (non-hydrogen) atoms. The molecule has 1 N–H and O–H groups in total. The molecule has 152 valence electrons. The Bertz CT molecular complexity index is 1100. The standard InChI is InChI=1S/C22H19N3O4S/c26-20-10-15(12-25(20)16-6-7-18-19(11-16)29-9-8-28-18)21(27)24-22-23-17(13-30-22)14-4-2-1-3-5-14/h1-7,11,13,15H,8-10,12H2,(H,23,24,27)/t15-/m1/s1. The van der Waals surface area contributed by atoms with Gasteiger partial charge in [0.15, 0.2) is 16.6 Å². The summed E-state index contributed by atoms with van der Waals surface area (Å²) < 4.78 is 11.1. The number of carbonyl (C=O) groups is 2. The third-order valence-electron chi connectivity index (χ3n) is 5.14. The van der Waals surface area contributed by atoms with Crippen LogP contribution < -0.4 is 19.7 Å². The van der Waals surface area contributed by atoms with Gasteiger partial charge >= 0.3 is 0 Å². The maximum Gasteiger partial charge on any atom is 0.231 e. The van der Waals surface area contributed by atoms with E-state index in [9.17, 15) is 9.59 Å². The highest BCUT2D eigenvalue weighted by molar-refractivity contribution is 7.14. The first kappa shape index (κ1) is 18.6. The number of benzene rings is 2. The topological polar surface area (TPSA) is 80.8 Å². The third-order valence-corrected chi connectivity index (χ3v) is 5.89. The number of amides is 2. The van der Waals surface area contributed by atoms with Crippen LogP contribution in [-0.4, -0.2) is 36.6 Å². The summed E-state index contributed by atoms with van der Waals surface area (Å²) in [5.74, 6) is 0.572. The second-order valence-electron chi connectivity index (χ2n) is 7.13. The van der Waals surface area contributed by atoms with Crippen molar-refractivity contribution in [2.24, 2.45) is 5.92 Å². The van der Waals surface area contributed by atoms with Gasteiger partial charge in [0.25, 0.3) is 0 Å². The fourth-order valence-corrected chi connectivity index (χ4v) is 4.34. The van der Waals surface area contributed by atoms with Crippen molar-refractivity contribution in [2.75, 3.05) is 30.0 Å².